The third-order valence-corrected chi connectivity index (χ3v) is 6.07. The topological polar surface area (TPSA) is 48.6 Å². The Labute approximate surface area is 172 Å². The quantitative estimate of drug-likeness (QED) is 0.694. The Morgan fingerprint density at radius 1 is 1.07 bits per heavy atom. The zero-order valence-corrected chi connectivity index (χ0v) is 17.2. The maximum absolute atomic E-state index is 13.2. The van der Waals surface area contributed by atoms with Crippen LogP contribution in [0.5, 0.6) is 5.75 Å². The van der Waals surface area contributed by atoms with E-state index in [2.05, 4.69) is 53.3 Å². The van der Waals surface area contributed by atoms with Crippen molar-refractivity contribution in [2.45, 2.75) is 19.3 Å². The molecule has 1 aliphatic heterocycles. The van der Waals surface area contributed by atoms with E-state index in [0.717, 1.165) is 49.6 Å². The minimum Gasteiger partial charge on any atom is -0.497 e. The number of H-pyrrole nitrogens is 1. The molecule has 5 nitrogen and oxygen atoms in total. The van der Waals surface area contributed by atoms with Gasteiger partial charge in [-0.05, 0) is 35.9 Å². The minimum atomic E-state index is 0.00811. The maximum atomic E-state index is 13.2. The van der Waals surface area contributed by atoms with E-state index < -0.39 is 0 Å². The molecule has 152 valence electrons. The van der Waals surface area contributed by atoms with Crippen molar-refractivity contribution in [3.05, 3.63) is 65.9 Å². The summed E-state index contributed by atoms with van der Waals surface area (Å²) in [5.41, 5.74) is 3.41. The summed E-state index contributed by atoms with van der Waals surface area (Å²) in [7, 11) is 1.67. The van der Waals surface area contributed by atoms with Crippen LogP contribution in [0.1, 0.15) is 30.4 Å². The number of piperazine rings is 1. The van der Waals surface area contributed by atoms with Gasteiger partial charge in [-0.3, -0.25) is 4.79 Å². The molecule has 3 aromatic rings. The Kier molecular flexibility index (Phi) is 5.86. The van der Waals surface area contributed by atoms with Crippen molar-refractivity contribution in [1.29, 1.82) is 0 Å². The van der Waals surface area contributed by atoms with E-state index in [9.17, 15) is 4.79 Å². The number of amides is 1. The summed E-state index contributed by atoms with van der Waals surface area (Å²) < 4.78 is 5.32. The van der Waals surface area contributed by atoms with E-state index in [1.807, 2.05) is 23.1 Å². The molecule has 4 rings (SSSR count). The SMILES string of the molecule is CCN1CCN(C(=O)C[C@H](c2ccc(OC)cc2)c2c[nH]c3ccccc23)CC1. The fourth-order valence-corrected chi connectivity index (χ4v) is 4.24. The molecule has 0 radical (unpaired) electrons. The molecule has 1 saturated heterocycles. The fraction of sp³-hybridized carbons (Fsp3) is 0.375. The molecule has 0 unspecified atom stereocenters. The molecule has 1 N–H and O–H groups in total. The lowest BCUT2D eigenvalue weighted by Gasteiger charge is -2.34. The molecule has 1 aliphatic rings. The smallest absolute Gasteiger partial charge is 0.223 e. The molecular formula is C24H29N3O2. The molecule has 29 heavy (non-hydrogen) atoms. The number of likely N-dealkylation sites (N-methyl/N-ethyl adjacent to an activating group) is 1. The number of aromatic amines is 1. The molecule has 1 aromatic heterocycles. The zero-order valence-electron chi connectivity index (χ0n) is 17.2. The Morgan fingerprint density at radius 2 is 1.79 bits per heavy atom. The lowest BCUT2D eigenvalue weighted by Crippen LogP contribution is -2.48. The number of nitrogens with one attached hydrogen (secondary N) is 1. The number of nitrogens with zero attached hydrogens (tertiary/aromatic N) is 2. The molecule has 5 heteroatoms. The highest BCUT2D eigenvalue weighted by atomic mass is 16.5. The van der Waals surface area contributed by atoms with E-state index in [1.165, 1.54) is 10.9 Å². The van der Waals surface area contributed by atoms with Crippen LogP contribution in [0.4, 0.5) is 0 Å². The van der Waals surface area contributed by atoms with Gasteiger partial charge in [0, 0.05) is 55.6 Å². The second-order valence-corrected chi connectivity index (χ2v) is 7.63. The number of benzene rings is 2. The molecule has 2 aromatic carbocycles. The van der Waals surface area contributed by atoms with Crippen LogP contribution in [0.15, 0.2) is 54.7 Å². The van der Waals surface area contributed by atoms with Crippen molar-refractivity contribution in [1.82, 2.24) is 14.8 Å². The number of rotatable bonds is 6. The first kappa shape index (κ1) is 19.5. The Hall–Kier alpha value is -2.79. The van der Waals surface area contributed by atoms with Crippen molar-refractivity contribution in [3.8, 4) is 5.75 Å². The van der Waals surface area contributed by atoms with Crippen LogP contribution in [0.2, 0.25) is 0 Å². The molecule has 0 saturated carbocycles. The number of hydrogen-bond acceptors (Lipinski definition) is 3. The van der Waals surface area contributed by atoms with Crippen LogP contribution in [-0.4, -0.2) is 60.5 Å². The third-order valence-electron chi connectivity index (χ3n) is 6.07. The van der Waals surface area contributed by atoms with E-state index in [0.29, 0.717) is 6.42 Å². The average Bonchev–Trinajstić information content (AvgIpc) is 3.21. The van der Waals surface area contributed by atoms with Crippen LogP contribution in [0, 0.1) is 0 Å². The second kappa shape index (κ2) is 8.70. The van der Waals surface area contributed by atoms with Crippen molar-refractivity contribution >= 4 is 16.8 Å². The van der Waals surface area contributed by atoms with Gasteiger partial charge in [0.2, 0.25) is 5.91 Å². The van der Waals surface area contributed by atoms with Gasteiger partial charge in [0.1, 0.15) is 5.75 Å². The van der Waals surface area contributed by atoms with Gasteiger partial charge in [-0.1, -0.05) is 37.3 Å². The molecular weight excluding hydrogens is 362 g/mol. The van der Waals surface area contributed by atoms with Crippen molar-refractivity contribution in [3.63, 3.8) is 0 Å². The first-order chi connectivity index (χ1) is 14.2. The first-order valence-corrected chi connectivity index (χ1v) is 10.4. The van der Waals surface area contributed by atoms with E-state index in [1.54, 1.807) is 7.11 Å². The predicted octanol–water partition coefficient (Wildman–Crippen LogP) is 3.86. The van der Waals surface area contributed by atoms with Crippen molar-refractivity contribution < 1.29 is 9.53 Å². The van der Waals surface area contributed by atoms with Crippen LogP contribution < -0.4 is 4.74 Å². The molecule has 1 fully saturated rings. The van der Waals surface area contributed by atoms with Crippen molar-refractivity contribution in [2.24, 2.45) is 0 Å². The van der Waals surface area contributed by atoms with Crippen LogP contribution in [0.25, 0.3) is 10.9 Å². The van der Waals surface area contributed by atoms with Gasteiger partial charge in [-0.25, -0.2) is 0 Å². The summed E-state index contributed by atoms with van der Waals surface area (Å²) in [6.45, 7) is 6.77. The van der Waals surface area contributed by atoms with E-state index in [-0.39, 0.29) is 11.8 Å². The average molecular weight is 392 g/mol. The second-order valence-electron chi connectivity index (χ2n) is 7.63. The molecule has 0 bridgehead atoms. The fourth-order valence-electron chi connectivity index (χ4n) is 4.24. The lowest BCUT2D eigenvalue weighted by molar-refractivity contribution is -0.133. The molecule has 0 spiro atoms. The molecule has 1 atom stereocenters. The summed E-state index contributed by atoms with van der Waals surface area (Å²) in [5.74, 6) is 1.06. The zero-order chi connectivity index (χ0) is 20.2. The number of ether oxygens (including phenoxy) is 1. The van der Waals surface area contributed by atoms with E-state index >= 15 is 0 Å². The van der Waals surface area contributed by atoms with Crippen molar-refractivity contribution in [2.75, 3.05) is 39.8 Å². The van der Waals surface area contributed by atoms with Gasteiger partial charge in [0.05, 0.1) is 7.11 Å². The molecule has 0 aliphatic carbocycles. The highest BCUT2D eigenvalue weighted by molar-refractivity contribution is 5.86. The van der Waals surface area contributed by atoms with Gasteiger partial charge in [0.25, 0.3) is 0 Å². The monoisotopic (exact) mass is 391 g/mol. The van der Waals surface area contributed by atoms with Crippen LogP contribution >= 0.6 is 0 Å². The number of para-hydroxylation sites is 1. The van der Waals surface area contributed by atoms with Crippen LogP contribution in [-0.2, 0) is 4.79 Å². The maximum Gasteiger partial charge on any atom is 0.223 e. The van der Waals surface area contributed by atoms with E-state index in [4.69, 9.17) is 4.74 Å². The predicted molar refractivity (Wildman–Crippen MR) is 116 cm³/mol. The molecule has 2 heterocycles. The minimum absolute atomic E-state index is 0.00811. The summed E-state index contributed by atoms with van der Waals surface area (Å²) in [6, 6.07) is 16.4. The number of methoxy groups -OCH3 is 1. The van der Waals surface area contributed by atoms with Crippen LogP contribution in [0.3, 0.4) is 0 Å². The lowest BCUT2D eigenvalue weighted by atomic mass is 9.87. The Morgan fingerprint density at radius 3 is 2.48 bits per heavy atom. The highest BCUT2D eigenvalue weighted by Gasteiger charge is 2.26. The number of fused-ring (bicyclic) bond motifs is 1. The third kappa shape index (κ3) is 4.15. The number of hydrogen-bond donors (Lipinski definition) is 1. The van der Waals surface area contributed by atoms with Gasteiger partial charge < -0.3 is 19.5 Å². The number of carbonyl (C=O) groups excluding carboxylic acids is 1. The standard InChI is InChI=1S/C24H29N3O2/c1-3-26-12-14-27(15-13-26)24(28)16-21(18-8-10-19(29-2)11-9-18)22-17-25-23-7-5-4-6-20(22)23/h4-11,17,21,25H,3,12-16H2,1-2H3/t21-/m1/s1. The number of carbonyl (C=O) groups is 1. The Bertz CT molecular complexity index is 956. The number of aromatic nitrogens is 1. The summed E-state index contributed by atoms with van der Waals surface area (Å²) in [4.78, 5) is 21.0. The summed E-state index contributed by atoms with van der Waals surface area (Å²) in [6.07, 6.45) is 2.53. The van der Waals surface area contributed by atoms with Gasteiger partial charge in [-0.15, -0.1) is 0 Å². The largest absolute Gasteiger partial charge is 0.497 e. The summed E-state index contributed by atoms with van der Waals surface area (Å²) >= 11 is 0. The first-order valence-electron chi connectivity index (χ1n) is 10.4. The highest BCUT2D eigenvalue weighted by Crippen LogP contribution is 2.34. The van der Waals surface area contributed by atoms with Gasteiger partial charge in [-0.2, -0.15) is 0 Å². The molecule has 1 amide bonds. The normalized spacial score (nSPS) is 16.1. The summed E-state index contributed by atoms with van der Waals surface area (Å²) in [5, 5.41) is 1.18. The van der Waals surface area contributed by atoms with Gasteiger partial charge >= 0.3 is 0 Å². The Balaban J connectivity index is 1.62. The van der Waals surface area contributed by atoms with Gasteiger partial charge in [0.15, 0.2) is 0 Å².